The first-order valence-corrected chi connectivity index (χ1v) is 32.9. The number of rotatable bonds is 59. The van der Waals surface area contributed by atoms with Gasteiger partial charge in [0.05, 0.1) is 0 Å². The average Bonchev–Trinajstić information content (AvgIpc) is 3.44. The second kappa shape index (κ2) is 65.6. The standard InChI is InChI=1S/C72H122O6/c1-4-7-10-13-16-19-22-25-28-31-32-33-34-35-36-37-38-39-40-42-44-47-50-53-56-59-62-65-71(74)77-68-69(67-76-70(73)64-61-58-55-52-49-46-43-30-27-24-21-18-15-12-9-6-3)78-72(75)66-63-60-57-54-51-48-45-41-29-26-23-20-17-14-11-8-5-2/h7,10,16,19,25-26,28-29,32-33,35-36,38-39,42,44,50,53,69H,4-6,8-9,11-15,17-18,20-24,27,30-31,34,37,40-41,43,45-49,51-52,54-68H2,1-3H3/b10-7-,19-16-,28-25-,29-26-,33-32-,36-35-,39-38-,44-42-,53-50-. The Morgan fingerprint density at radius 2 is 0.500 bits per heavy atom. The predicted octanol–water partition coefficient (Wildman–Crippen LogP) is 22.6. The number of allylic oxidation sites excluding steroid dienone is 18. The van der Waals surface area contributed by atoms with E-state index in [0.717, 1.165) is 109 Å². The van der Waals surface area contributed by atoms with Gasteiger partial charge in [0, 0.05) is 19.3 Å². The molecule has 0 fully saturated rings. The number of hydrogen-bond acceptors (Lipinski definition) is 6. The average molecular weight is 1080 g/mol. The van der Waals surface area contributed by atoms with Crippen LogP contribution in [0.15, 0.2) is 109 Å². The van der Waals surface area contributed by atoms with Crippen molar-refractivity contribution in [2.75, 3.05) is 13.2 Å². The van der Waals surface area contributed by atoms with Gasteiger partial charge in [-0.25, -0.2) is 0 Å². The van der Waals surface area contributed by atoms with Gasteiger partial charge in [-0.15, -0.1) is 0 Å². The Labute approximate surface area is 482 Å². The lowest BCUT2D eigenvalue weighted by molar-refractivity contribution is -0.167. The molecule has 1 unspecified atom stereocenters. The Morgan fingerprint density at radius 3 is 0.821 bits per heavy atom. The molecule has 0 heterocycles. The van der Waals surface area contributed by atoms with Crippen LogP contribution >= 0.6 is 0 Å². The van der Waals surface area contributed by atoms with Gasteiger partial charge in [0.2, 0.25) is 0 Å². The van der Waals surface area contributed by atoms with Crippen molar-refractivity contribution in [1.82, 2.24) is 0 Å². The van der Waals surface area contributed by atoms with Crippen molar-refractivity contribution < 1.29 is 28.6 Å². The van der Waals surface area contributed by atoms with Gasteiger partial charge in [-0.2, -0.15) is 0 Å². The smallest absolute Gasteiger partial charge is 0.306 e. The number of carbonyl (C=O) groups excluding carboxylic acids is 3. The SMILES string of the molecule is CC/C=C\C/C=C\C/C=C\C/C=C\C/C=C\C/C=C\C/C=C\C/C=C\CCCCC(=O)OCC(COC(=O)CCCCCCCCCCCCCCCCCC)OC(=O)CCCCCCCCC/C=C\CCCCCCCC. The molecule has 0 saturated heterocycles. The zero-order valence-corrected chi connectivity index (χ0v) is 51.2. The van der Waals surface area contributed by atoms with Crippen LogP contribution in [0.1, 0.15) is 310 Å². The third kappa shape index (κ3) is 62.9. The highest BCUT2D eigenvalue weighted by Crippen LogP contribution is 2.16. The molecule has 0 aromatic rings. The minimum absolute atomic E-state index is 0.0917. The molecule has 0 amide bonds. The van der Waals surface area contributed by atoms with E-state index in [1.165, 1.54) is 161 Å². The summed E-state index contributed by atoms with van der Waals surface area (Å²) in [6.07, 6.45) is 89.5. The maximum Gasteiger partial charge on any atom is 0.306 e. The van der Waals surface area contributed by atoms with Crippen LogP contribution in [0.2, 0.25) is 0 Å². The minimum Gasteiger partial charge on any atom is -0.462 e. The van der Waals surface area contributed by atoms with Crippen molar-refractivity contribution in [1.29, 1.82) is 0 Å². The van der Waals surface area contributed by atoms with Crippen LogP contribution in [0.3, 0.4) is 0 Å². The van der Waals surface area contributed by atoms with Gasteiger partial charge in [0.25, 0.3) is 0 Å². The van der Waals surface area contributed by atoms with Crippen molar-refractivity contribution in [2.45, 2.75) is 316 Å². The Kier molecular flexibility index (Phi) is 62.3. The van der Waals surface area contributed by atoms with Gasteiger partial charge >= 0.3 is 17.9 Å². The van der Waals surface area contributed by atoms with Crippen LogP contribution in [0.4, 0.5) is 0 Å². The molecule has 6 nitrogen and oxygen atoms in total. The molecular weight excluding hydrogens is 961 g/mol. The van der Waals surface area contributed by atoms with E-state index in [1.54, 1.807) is 0 Å². The number of unbranched alkanes of at least 4 members (excludes halogenated alkanes) is 30. The normalized spacial score (nSPS) is 12.8. The van der Waals surface area contributed by atoms with Crippen molar-refractivity contribution in [3.63, 3.8) is 0 Å². The van der Waals surface area contributed by atoms with Crippen LogP contribution in [-0.4, -0.2) is 37.2 Å². The quantitative estimate of drug-likeness (QED) is 0.0261. The van der Waals surface area contributed by atoms with E-state index in [1.807, 2.05) is 0 Å². The van der Waals surface area contributed by atoms with Crippen LogP contribution in [-0.2, 0) is 28.6 Å². The molecule has 0 aromatic heterocycles. The predicted molar refractivity (Wildman–Crippen MR) is 339 cm³/mol. The van der Waals surface area contributed by atoms with Crippen molar-refractivity contribution in [3.05, 3.63) is 109 Å². The van der Waals surface area contributed by atoms with Crippen LogP contribution in [0.25, 0.3) is 0 Å². The van der Waals surface area contributed by atoms with E-state index in [-0.39, 0.29) is 31.1 Å². The van der Waals surface area contributed by atoms with Gasteiger partial charge in [-0.3, -0.25) is 14.4 Å². The molecule has 0 spiro atoms. The summed E-state index contributed by atoms with van der Waals surface area (Å²) in [4.78, 5) is 38.3. The molecule has 0 aromatic carbocycles. The molecular formula is C72H122O6. The summed E-state index contributed by atoms with van der Waals surface area (Å²) >= 11 is 0. The Hall–Kier alpha value is -3.93. The lowest BCUT2D eigenvalue weighted by Gasteiger charge is -2.18. The van der Waals surface area contributed by atoms with Gasteiger partial charge in [-0.05, 0) is 109 Å². The molecule has 0 aliphatic rings. The maximum atomic E-state index is 12.9. The van der Waals surface area contributed by atoms with Crippen LogP contribution in [0.5, 0.6) is 0 Å². The summed E-state index contributed by atoms with van der Waals surface area (Å²) in [7, 11) is 0. The Balaban J connectivity index is 4.44. The second-order valence-electron chi connectivity index (χ2n) is 21.6. The number of esters is 3. The van der Waals surface area contributed by atoms with Crippen LogP contribution in [0, 0.1) is 0 Å². The minimum atomic E-state index is -0.800. The zero-order valence-electron chi connectivity index (χ0n) is 51.2. The summed E-state index contributed by atoms with van der Waals surface area (Å²) < 4.78 is 16.9. The highest BCUT2D eigenvalue weighted by Gasteiger charge is 2.19. The fraction of sp³-hybridized carbons (Fsp3) is 0.708. The van der Waals surface area contributed by atoms with Gasteiger partial charge in [-0.1, -0.05) is 291 Å². The van der Waals surface area contributed by atoms with E-state index in [4.69, 9.17) is 14.2 Å². The number of hydrogen-bond donors (Lipinski definition) is 0. The van der Waals surface area contributed by atoms with Crippen LogP contribution < -0.4 is 0 Å². The second-order valence-corrected chi connectivity index (χ2v) is 21.6. The number of carbonyl (C=O) groups is 3. The van der Waals surface area contributed by atoms with Crippen molar-refractivity contribution >= 4 is 17.9 Å². The fourth-order valence-electron chi connectivity index (χ4n) is 9.10. The molecule has 0 aliphatic carbocycles. The summed E-state index contributed by atoms with van der Waals surface area (Å²) in [5, 5.41) is 0. The molecule has 0 aliphatic heterocycles. The van der Waals surface area contributed by atoms with Crippen molar-refractivity contribution in [2.24, 2.45) is 0 Å². The van der Waals surface area contributed by atoms with E-state index in [0.29, 0.717) is 19.3 Å². The third-order valence-corrected chi connectivity index (χ3v) is 14.0. The summed E-state index contributed by atoms with van der Waals surface area (Å²) in [6, 6.07) is 0. The lowest BCUT2D eigenvalue weighted by atomic mass is 10.0. The largest absolute Gasteiger partial charge is 0.462 e. The molecule has 1 atom stereocenters. The lowest BCUT2D eigenvalue weighted by Crippen LogP contribution is -2.30. The third-order valence-electron chi connectivity index (χ3n) is 14.0. The van der Waals surface area contributed by atoms with E-state index in [2.05, 4.69) is 130 Å². The zero-order chi connectivity index (χ0) is 56.4. The number of ether oxygens (including phenoxy) is 3. The van der Waals surface area contributed by atoms with Gasteiger partial charge < -0.3 is 14.2 Å². The first-order valence-electron chi connectivity index (χ1n) is 32.9. The highest BCUT2D eigenvalue weighted by molar-refractivity contribution is 5.71. The first kappa shape index (κ1) is 74.1. The molecule has 446 valence electrons. The summed E-state index contributed by atoms with van der Waals surface area (Å²) in [5.41, 5.74) is 0. The molecule has 78 heavy (non-hydrogen) atoms. The summed E-state index contributed by atoms with van der Waals surface area (Å²) in [5.74, 6) is -0.931. The fourth-order valence-corrected chi connectivity index (χ4v) is 9.10. The monoisotopic (exact) mass is 1080 g/mol. The Bertz CT molecular complexity index is 1570. The molecule has 0 bridgehead atoms. The molecule has 6 heteroatoms. The maximum absolute atomic E-state index is 12.9. The van der Waals surface area contributed by atoms with Crippen molar-refractivity contribution in [3.8, 4) is 0 Å². The highest BCUT2D eigenvalue weighted by atomic mass is 16.6. The molecule has 0 radical (unpaired) electrons. The molecule has 0 rings (SSSR count). The molecule has 0 N–H and O–H groups in total. The topological polar surface area (TPSA) is 78.9 Å². The van der Waals surface area contributed by atoms with Gasteiger partial charge in [0.1, 0.15) is 13.2 Å². The van der Waals surface area contributed by atoms with E-state index >= 15 is 0 Å². The molecule has 0 saturated carbocycles. The van der Waals surface area contributed by atoms with E-state index in [9.17, 15) is 14.4 Å². The first-order chi connectivity index (χ1) is 38.5. The Morgan fingerprint density at radius 1 is 0.269 bits per heavy atom. The van der Waals surface area contributed by atoms with Gasteiger partial charge in [0.15, 0.2) is 6.10 Å². The summed E-state index contributed by atoms with van der Waals surface area (Å²) in [6.45, 7) is 6.51. The van der Waals surface area contributed by atoms with E-state index < -0.39 is 6.10 Å².